The summed E-state index contributed by atoms with van der Waals surface area (Å²) in [6.07, 6.45) is 8.49. The van der Waals surface area contributed by atoms with Crippen molar-refractivity contribution < 1.29 is 14.6 Å². The second-order valence-electron chi connectivity index (χ2n) is 8.41. The first kappa shape index (κ1) is 21.0. The van der Waals surface area contributed by atoms with E-state index in [0.717, 1.165) is 38.5 Å². The Kier molecular flexibility index (Phi) is 7.78. The smallest absolute Gasteiger partial charge is 0.407 e. The molecule has 140 valence electrons. The Hall–Kier alpha value is -1.03. The van der Waals surface area contributed by atoms with Crippen LogP contribution in [0.5, 0.6) is 0 Å². The van der Waals surface area contributed by atoms with Crippen molar-refractivity contribution in [2.24, 2.45) is 11.3 Å². The quantitative estimate of drug-likeness (QED) is 0.654. The van der Waals surface area contributed by atoms with Crippen LogP contribution in [0.4, 0.5) is 4.79 Å². The van der Waals surface area contributed by atoms with Crippen LogP contribution >= 0.6 is 0 Å². The van der Waals surface area contributed by atoms with E-state index >= 15 is 0 Å². The van der Waals surface area contributed by atoms with Gasteiger partial charge in [0.2, 0.25) is 0 Å². The monoisotopic (exact) mass is 339 g/mol. The molecule has 1 fully saturated rings. The Balaban J connectivity index is 2.81. The summed E-state index contributed by atoms with van der Waals surface area (Å²) in [6, 6.07) is -0.333. The molecule has 1 amide bonds. The fourth-order valence-corrected chi connectivity index (χ4v) is 3.90. The van der Waals surface area contributed by atoms with Crippen LogP contribution in [0.15, 0.2) is 12.7 Å². The van der Waals surface area contributed by atoms with Crippen LogP contribution in [-0.2, 0) is 4.74 Å². The number of hydrogen-bond donors (Lipinski definition) is 2. The van der Waals surface area contributed by atoms with Crippen molar-refractivity contribution in [3.8, 4) is 0 Å². The number of alkyl carbamates (subject to hydrolysis) is 1. The van der Waals surface area contributed by atoms with Gasteiger partial charge in [-0.15, -0.1) is 6.58 Å². The predicted molar refractivity (Wildman–Crippen MR) is 99.0 cm³/mol. The van der Waals surface area contributed by atoms with E-state index in [-0.39, 0.29) is 11.5 Å². The van der Waals surface area contributed by atoms with E-state index in [1.165, 1.54) is 6.42 Å². The van der Waals surface area contributed by atoms with Crippen LogP contribution in [-0.4, -0.2) is 28.9 Å². The molecule has 0 bridgehead atoms. The van der Waals surface area contributed by atoms with Gasteiger partial charge in [-0.25, -0.2) is 4.79 Å². The minimum Gasteiger partial charge on any atom is -0.444 e. The highest BCUT2D eigenvalue weighted by Crippen LogP contribution is 2.46. The van der Waals surface area contributed by atoms with Gasteiger partial charge in [0.15, 0.2) is 0 Å². The molecule has 1 rings (SSSR count). The third kappa shape index (κ3) is 6.12. The topological polar surface area (TPSA) is 58.6 Å². The van der Waals surface area contributed by atoms with Gasteiger partial charge in [-0.2, -0.15) is 0 Å². The summed E-state index contributed by atoms with van der Waals surface area (Å²) in [5, 5.41) is 13.9. The Morgan fingerprint density at radius 3 is 2.38 bits per heavy atom. The van der Waals surface area contributed by atoms with E-state index in [2.05, 4.69) is 18.8 Å². The van der Waals surface area contributed by atoms with Gasteiger partial charge < -0.3 is 15.2 Å². The average Bonchev–Trinajstić information content (AvgIpc) is 2.50. The zero-order chi connectivity index (χ0) is 18.4. The van der Waals surface area contributed by atoms with E-state index in [1.807, 2.05) is 33.8 Å². The normalized spacial score (nSPS) is 21.4. The Labute approximate surface area is 148 Å². The molecular formula is C20H37NO3. The summed E-state index contributed by atoms with van der Waals surface area (Å²) >= 11 is 0. The Morgan fingerprint density at radius 1 is 1.33 bits per heavy atom. The number of carbonyl (C=O) groups excluding carboxylic acids is 1. The van der Waals surface area contributed by atoms with Crippen molar-refractivity contribution in [1.82, 2.24) is 5.32 Å². The zero-order valence-electron chi connectivity index (χ0n) is 16.2. The minimum absolute atomic E-state index is 0.137. The summed E-state index contributed by atoms with van der Waals surface area (Å²) < 4.78 is 5.32. The molecule has 1 aliphatic carbocycles. The molecule has 4 heteroatoms. The van der Waals surface area contributed by atoms with Gasteiger partial charge in [-0.05, 0) is 64.7 Å². The molecule has 24 heavy (non-hydrogen) atoms. The summed E-state index contributed by atoms with van der Waals surface area (Å²) in [7, 11) is 0. The standard InChI is InChI=1S/C20H37NO3/c1-7-16(8-2)14-20(12-10-9-11-13-20)17(22)15(3)21-18(23)24-19(4,5)6/h7,15-17,22H,1,8-14H2,2-6H3,(H,21,23)/t15-,16+,17+/m0/s1. The lowest BCUT2D eigenvalue weighted by Crippen LogP contribution is -2.52. The van der Waals surface area contributed by atoms with Crippen molar-refractivity contribution in [2.75, 3.05) is 0 Å². The molecule has 0 radical (unpaired) electrons. The number of aliphatic hydroxyl groups is 1. The number of carbonyl (C=O) groups is 1. The van der Waals surface area contributed by atoms with Crippen LogP contribution in [0.2, 0.25) is 0 Å². The first-order valence-electron chi connectivity index (χ1n) is 9.43. The molecule has 0 aliphatic heterocycles. The minimum atomic E-state index is -0.570. The molecule has 2 N–H and O–H groups in total. The second kappa shape index (κ2) is 8.89. The highest BCUT2D eigenvalue weighted by molar-refractivity contribution is 5.68. The van der Waals surface area contributed by atoms with Crippen LogP contribution in [0, 0.1) is 11.3 Å². The molecule has 0 spiro atoms. The summed E-state index contributed by atoms with van der Waals surface area (Å²) in [4.78, 5) is 12.0. The number of hydrogen-bond acceptors (Lipinski definition) is 3. The molecule has 0 aromatic carbocycles. The van der Waals surface area contributed by atoms with Crippen molar-refractivity contribution in [1.29, 1.82) is 0 Å². The van der Waals surface area contributed by atoms with Gasteiger partial charge in [0.05, 0.1) is 12.1 Å². The molecule has 4 nitrogen and oxygen atoms in total. The molecule has 1 saturated carbocycles. The molecule has 0 unspecified atom stereocenters. The summed E-state index contributed by atoms with van der Waals surface area (Å²) in [5.41, 5.74) is -0.672. The molecular weight excluding hydrogens is 302 g/mol. The average molecular weight is 340 g/mol. The molecule has 0 heterocycles. The molecule has 1 aliphatic rings. The maximum atomic E-state index is 12.0. The van der Waals surface area contributed by atoms with Crippen molar-refractivity contribution in [3.63, 3.8) is 0 Å². The van der Waals surface area contributed by atoms with Crippen molar-refractivity contribution in [3.05, 3.63) is 12.7 Å². The zero-order valence-corrected chi connectivity index (χ0v) is 16.2. The number of allylic oxidation sites excluding steroid dienone is 1. The van der Waals surface area contributed by atoms with Crippen LogP contribution < -0.4 is 5.32 Å². The molecule has 0 aromatic heterocycles. The maximum absolute atomic E-state index is 12.0. The van der Waals surface area contributed by atoms with Crippen LogP contribution in [0.25, 0.3) is 0 Å². The lowest BCUT2D eigenvalue weighted by atomic mass is 9.64. The highest BCUT2D eigenvalue weighted by atomic mass is 16.6. The van der Waals surface area contributed by atoms with Crippen LogP contribution in [0.3, 0.4) is 0 Å². The number of nitrogens with one attached hydrogen (secondary N) is 1. The van der Waals surface area contributed by atoms with E-state index in [9.17, 15) is 9.90 Å². The number of rotatable bonds is 7. The fraction of sp³-hybridized carbons (Fsp3) is 0.850. The second-order valence-corrected chi connectivity index (χ2v) is 8.41. The van der Waals surface area contributed by atoms with Gasteiger partial charge in [-0.1, -0.05) is 32.3 Å². The number of amides is 1. The predicted octanol–water partition coefficient (Wildman–Crippen LogP) is 4.81. The fourth-order valence-electron chi connectivity index (χ4n) is 3.90. The van der Waals surface area contributed by atoms with Gasteiger partial charge in [0.1, 0.15) is 5.60 Å². The summed E-state index contributed by atoms with van der Waals surface area (Å²) in [5.74, 6) is 0.409. The molecule has 0 saturated heterocycles. The first-order chi connectivity index (χ1) is 11.1. The largest absolute Gasteiger partial charge is 0.444 e. The third-order valence-electron chi connectivity index (χ3n) is 5.22. The number of ether oxygens (including phenoxy) is 1. The lowest BCUT2D eigenvalue weighted by Gasteiger charge is -2.45. The van der Waals surface area contributed by atoms with Gasteiger partial charge in [-0.3, -0.25) is 0 Å². The summed E-state index contributed by atoms with van der Waals surface area (Å²) in [6.45, 7) is 13.5. The lowest BCUT2D eigenvalue weighted by molar-refractivity contribution is -0.0391. The Morgan fingerprint density at radius 2 is 1.92 bits per heavy atom. The van der Waals surface area contributed by atoms with Crippen molar-refractivity contribution >= 4 is 6.09 Å². The van der Waals surface area contributed by atoms with E-state index in [0.29, 0.717) is 5.92 Å². The third-order valence-corrected chi connectivity index (χ3v) is 5.22. The molecule has 0 aromatic rings. The van der Waals surface area contributed by atoms with E-state index < -0.39 is 17.8 Å². The highest BCUT2D eigenvalue weighted by Gasteiger charge is 2.42. The number of aliphatic hydroxyl groups excluding tert-OH is 1. The van der Waals surface area contributed by atoms with Gasteiger partial charge >= 0.3 is 6.09 Å². The molecule has 3 atom stereocenters. The van der Waals surface area contributed by atoms with Gasteiger partial charge in [0.25, 0.3) is 0 Å². The van der Waals surface area contributed by atoms with Crippen molar-refractivity contribution in [2.45, 2.75) is 97.3 Å². The van der Waals surface area contributed by atoms with Crippen LogP contribution in [0.1, 0.15) is 79.6 Å². The van der Waals surface area contributed by atoms with E-state index in [4.69, 9.17) is 4.74 Å². The van der Waals surface area contributed by atoms with E-state index in [1.54, 1.807) is 0 Å². The Bertz CT molecular complexity index is 408. The van der Waals surface area contributed by atoms with Gasteiger partial charge in [0, 0.05) is 0 Å². The SMILES string of the molecule is C=C[C@H](CC)CC1([C@H](O)[C@H](C)NC(=O)OC(C)(C)C)CCCCC1. The first-order valence-corrected chi connectivity index (χ1v) is 9.43. The maximum Gasteiger partial charge on any atom is 0.407 e.